The summed E-state index contributed by atoms with van der Waals surface area (Å²) in [6, 6.07) is 8.79. The Hall–Kier alpha value is -2.85. The molecular weight excluding hydrogens is 368 g/mol. The Balaban J connectivity index is 1.76. The lowest BCUT2D eigenvalue weighted by molar-refractivity contribution is 0.507. The lowest BCUT2D eigenvalue weighted by Crippen LogP contribution is -2.32. The number of nitrogens with one attached hydrogen (secondary N) is 1. The third-order valence-electron chi connectivity index (χ3n) is 3.44. The minimum atomic E-state index is -4.42. The molecule has 0 aliphatic rings. The smallest absolute Gasteiger partial charge is 0.266 e. The maximum absolute atomic E-state index is 13.6. The molecule has 0 saturated heterocycles. The van der Waals surface area contributed by atoms with Gasteiger partial charge in [-0.25, -0.2) is 26.6 Å². The van der Waals surface area contributed by atoms with Crippen molar-refractivity contribution < 1.29 is 21.6 Å². The van der Waals surface area contributed by atoms with Crippen LogP contribution < -0.4 is 10.3 Å². The normalized spacial score (nSPS) is 11.6. The van der Waals surface area contributed by atoms with Crippen molar-refractivity contribution in [1.82, 2.24) is 14.5 Å². The number of hydrogen-bond donors (Lipinski definition) is 1. The van der Waals surface area contributed by atoms with E-state index < -0.39 is 32.1 Å². The highest BCUT2D eigenvalue weighted by Crippen LogP contribution is 2.18. The van der Waals surface area contributed by atoms with Crippen molar-refractivity contribution in [3.05, 3.63) is 70.7 Å². The first kappa shape index (κ1) is 18.0. The van der Waals surface area contributed by atoms with Crippen LogP contribution in [-0.2, 0) is 16.6 Å². The zero-order chi connectivity index (χ0) is 18.7. The van der Waals surface area contributed by atoms with Crippen LogP contribution in [0.5, 0.6) is 0 Å². The number of rotatable bonds is 6. The molecular formula is C16H13F2N3O4S. The van der Waals surface area contributed by atoms with Gasteiger partial charge in [-0.15, -0.1) is 0 Å². The molecule has 7 nitrogen and oxygen atoms in total. The Kier molecular flexibility index (Phi) is 4.96. The van der Waals surface area contributed by atoms with Crippen LogP contribution in [0.3, 0.4) is 0 Å². The highest BCUT2D eigenvalue weighted by Gasteiger charge is 2.23. The molecule has 2 aromatic heterocycles. The Morgan fingerprint density at radius 2 is 1.81 bits per heavy atom. The van der Waals surface area contributed by atoms with Crippen LogP contribution in [0.1, 0.15) is 0 Å². The molecule has 0 spiro atoms. The van der Waals surface area contributed by atoms with Gasteiger partial charge in [0.1, 0.15) is 17.3 Å². The SMILES string of the molecule is O=c1ccc(-c2ccco2)nn1CCNS(=O)(=O)c1c(F)cccc1F. The van der Waals surface area contributed by atoms with Gasteiger partial charge in [0, 0.05) is 12.6 Å². The van der Waals surface area contributed by atoms with Gasteiger partial charge in [-0.3, -0.25) is 4.79 Å². The summed E-state index contributed by atoms with van der Waals surface area (Å²) >= 11 is 0. The molecule has 1 N–H and O–H groups in total. The quantitative estimate of drug-likeness (QED) is 0.702. The Labute approximate surface area is 146 Å². The lowest BCUT2D eigenvalue weighted by atomic mass is 10.3. The molecule has 0 unspecified atom stereocenters. The van der Waals surface area contributed by atoms with E-state index >= 15 is 0 Å². The first-order valence-corrected chi connectivity index (χ1v) is 8.92. The van der Waals surface area contributed by atoms with Gasteiger partial charge in [-0.05, 0) is 30.3 Å². The zero-order valence-electron chi connectivity index (χ0n) is 13.2. The van der Waals surface area contributed by atoms with Gasteiger partial charge in [0.25, 0.3) is 5.56 Å². The van der Waals surface area contributed by atoms with Gasteiger partial charge in [-0.2, -0.15) is 5.10 Å². The summed E-state index contributed by atoms with van der Waals surface area (Å²) in [4.78, 5) is 10.8. The maximum atomic E-state index is 13.6. The average molecular weight is 381 g/mol. The van der Waals surface area contributed by atoms with Crippen LogP contribution in [0, 0.1) is 11.6 Å². The van der Waals surface area contributed by atoms with E-state index in [4.69, 9.17) is 4.42 Å². The van der Waals surface area contributed by atoms with E-state index in [2.05, 4.69) is 9.82 Å². The van der Waals surface area contributed by atoms with Gasteiger partial charge in [0.15, 0.2) is 10.7 Å². The summed E-state index contributed by atoms with van der Waals surface area (Å²) in [7, 11) is -4.42. The van der Waals surface area contributed by atoms with Gasteiger partial charge >= 0.3 is 0 Å². The minimum Gasteiger partial charge on any atom is -0.463 e. The molecule has 3 rings (SSSR count). The first-order valence-electron chi connectivity index (χ1n) is 7.44. The van der Waals surface area contributed by atoms with E-state index in [1.807, 2.05) is 0 Å². The van der Waals surface area contributed by atoms with E-state index in [1.165, 1.54) is 18.4 Å². The Bertz CT molecular complexity index is 1060. The molecule has 26 heavy (non-hydrogen) atoms. The number of hydrogen-bond acceptors (Lipinski definition) is 5. The number of furan rings is 1. The monoisotopic (exact) mass is 381 g/mol. The van der Waals surface area contributed by atoms with E-state index in [0.717, 1.165) is 22.9 Å². The number of aromatic nitrogens is 2. The standard InChI is InChI=1S/C16H13F2N3O4S/c17-11-3-1-4-12(18)16(11)26(23,24)19-8-9-21-15(22)7-6-13(20-21)14-5-2-10-25-14/h1-7,10,19H,8-9H2. The van der Waals surface area contributed by atoms with Crippen LogP contribution >= 0.6 is 0 Å². The van der Waals surface area contributed by atoms with Crippen LogP contribution in [0.4, 0.5) is 8.78 Å². The Morgan fingerprint density at radius 1 is 1.08 bits per heavy atom. The fourth-order valence-electron chi connectivity index (χ4n) is 2.26. The molecule has 3 aromatic rings. The van der Waals surface area contributed by atoms with Crippen LogP contribution in [-0.4, -0.2) is 24.7 Å². The molecule has 0 atom stereocenters. The predicted octanol–water partition coefficient (Wildman–Crippen LogP) is 1.76. The number of benzene rings is 1. The van der Waals surface area contributed by atoms with Crippen molar-refractivity contribution in [3.8, 4) is 11.5 Å². The second-order valence-electron chi connectivity index (χ2n) is 5.21. The van der Waals surface area contributed by atoms with Crippen LogP contribution in [0.15, 0.2) is 62.8 Å². The fourth-order valence-corrected chi connectivity index (χ4v) is 3.42. The molecule has 0 bridgehead atoms. The van der Waals surface area contributed by atoms with Crippen molar-refractivity contribution in [3.63, 3.8) is 0 Å². The van der Waals surface area contributed by atoms with Crippen LogP contribution in [0.2, 0.25) is 0 Å². The Morgan fingerprint density at radius 3 is 2.46 bits per heavy atom. The number of halogens is 2. The van der Waals surface area contributed by atoms with E-state index in [1.54, 1.807) is 12.1 Å². The molecule has 0 fully saturated rings. The third-order valence-corrected chi connectivity index (χ3v) is 4.96. The molecule has 136 valence electrons. The van der Waals surface area contributed by atoms with Crippen molar-refractivity contribution in [2.24, 2.45) is 0 Å². The molecule has 0 amide bonds. The average Bonchev–Trinajstić information content (AvgIpc) is 3.10. The second kappa shape index (κ2) is 7.18. The van der Waals surface area contributed by atoms with Gasteiger partial charge in [-0.1, -0.05) is 6.07 Å². The number of sulfonamides is 1. The molecule has 0 radical (unpaired) electrons. The largest absolute Gasteiger partial charge is 0.463 e. The fraction of sp³-hybridized carbons (Fsp3) is 0.125. The summed E-state index contributed by atoms with van der Waals surface area (Å²) in [6.45, 7) is -0.423. The molecule has 2 heterocycles. The highest BCUT2D eigenvalue weighted by atomic mass is 32.2. The molecule has 0 saturated carbocycles. The van der Waals surface area contributed by atoms with Gasteiger partial charge in [0.05, 0.1) is 12.8 Å². The van der Waals surface area contributed by atoms with Crippen LogP contribution in [0.25, 0.3) is 11.5 Å². The van der Waals surface area contributed by atoms with Crippen molar-refractivity contribution >= 4 is 10.0 Å². The summed E-state index contributed by atoms with van der Waals surface area (Å²) < 4.78 is 59.7. The third kappa shape index (κ3) is 3.70. The lowest BCUT2D eigenvalue weighted by Gasteiger charge is -2.09. The molecule has 0 aliphatic carbocycles. The molecule has 10 heteroatoms. The van der Waals surface area contributed by atoms with Crippen molar-refractivity contribution in [2.75, 3.05) is 6.54 Å². The predicted molar refractivity (Wildman–Crippen MR) is 87.7 cm³/mol. The summed E-state index contributed by atoms with van der Waals surface area (Å²) in [5.74, 6) is -1.96. The van der Waals surface area contributed by atoms with Crippen molar-refractivity contribution in [1.29, 1.82) is 0 Å². The number of nitrogens with zero attached hydrogens (tertiary/aromatic N) is 2. The summed E-state index contributed by atoms with van der Waals surface area (Å²) in [5, 5.41) is 4.07. The topological polar surface area (TPSA) is 94.2 Å². The maximum Gasteiger partial charge on any atom is 0.266 e. The van der Waals surface area contributed by atoms with Gasteiger partial charge < -0.3 is 4.42 Å². The van der Waals surface area contributed by atoms with Crippen molar-refractivity contribution in [2.45, 2.75) is 11.4 Å². The first-order chi connectivity index (χ1) is 12.4. The van der Waals surface area contributed by atoms with E-state index in [9.17, 15) is 22.0 Å². The highest BCUT2D eigenvalue weighted by molar-refractivity contribution is 7.89. The zero-order valence-corrected chi connectivity index (χ0v) is 14.0. The minimum absolute atomic E-state index is 0.136. The summed E-state index contributed by atoms with van der Waals surface area (Å²) in [5.41, 5.74) is -0.0748. The molecule has 1 aromatic carbocycles. The van der Waals surface area contributed by atoms with Gasteiger partial charge in [0.2, 0.25) is 10.0 Å². The molecule has 0 aliphatic heterocycles. The summed E-state index contributed by atoms with van der Waals surface area (Å²) in [6.07, 6.45) is 1.45. The van der Waals surface area contributed by atoms with E-state index in [-0.39, 0.29) is 13.1 Å². The second-order valence-corrected chi connectivity index (χ2v) is 6.91. The van der Waals surface area contributed by atoms with E-state index in [0.29, 0.717) is 11.5 Å².